The van der Waals surface area contributed by atoms with Crippen molar-refractivity contribution in [1.82, 2.24) is 0 Å². The van der Waals surface area contributed by atoms with E-state index in [2.05, 4.69) is 0 Å². The number of anilines is 1. The first kappa shape index (κ1) is 15.2. The lowest BCUT2D eigenvalue weighted by atomic mass is 10.1. The van der Waals surface area contributed by atoms with Crippen molar-refractivity contribution in [3.63, 3.8) is 0 Å². The van der Waals surface area contributed by atoms with Crippen LogP contribution < -0.4 is 4.90 Å². The number of nitro groups is 1. The minimum atomic E-state index is -1.18. The Morgan fingerprint density at radius 2 is 2.24 bits per heavy atom. The number of carboxylic acids is 1. The van der Waals surface area contributed by atoms with Crippen molar-refractivity contribution < 1.29 is 19.9 Å². The molecule has 1 aromatic carbocycles. The number of aromatic carboxylic acids is 1. The monoisotopic (exact) mass is 294 g/mol. The Kier molecular flexibility index (Phi) is 4.74. The number of nitrogens with zero attached hydrogens (tertiary/aromatic N) is 2. The first-order chi connectivity index (χ1) is 10.0. The summed E-state index contributed by atoms with van der Waals surface area (Å²) < 4.78 is 0. The Bertz CT molecular complexity index is 546. The highest BCUT2D eigenvalue weighted by Gasteiger charge is 2.30. The number of carboxylic acid groups (broad SMARTS) is 1. The van der Waals surface area contributed by atoms with E-state index in [4.69, 9.17) is 10.2 Å². The maximum absolute atomic E-state index is 11.2. The zero-order valence-corrected chi connectivity index (χ0v) is 11.6. The van der Waals surface area contributed by atoms with E-state index in [1.54, 1.807) is 0 Å². The van der Waals surface area contributed by atoms with Gasteiger partial charge in [-0.25, -0.2) is 4.79 Å². The summed E-state index contributed by atoms with van der Waals surface area (Å²) in [5.41, 5.74) is 0.202. The number of hydrogen-bond donors (Lipinski definition) is 2. The van der Waals surface area contributed by atoms with Crippen LogP contribution in [0.3, 0.4) is 0 Å². The van der Waals surface area contributed by atoms with Crippen LogP contribution in [-0.4, -0.2) is 40.3 Å². The van der Waals surface area contributed by atoms with Gasteiger partial charge in [-0.15, -0.1) is 0 Å². The second kappa shape index (κ2) is 6.53. The molecule has 1 aromatic rings. The van der Waals surface area contributed by atoms with Crippen molar-refractivity contribution in [2.24, 2.45) is 0 Å². The molecule has 0 bridgehead atoms. The number of rotatable bonds is 6. The van der Waals surface area contributed by atoms with Gasteiger partial charge in [0.15, 0.2) is 0 Å². The number of aliphatic hydroxyl groups is 1. The van der Waals surface area contributed by atoms with Gasteiger partial charge in [0.1, 0.15) is 5.69 Å². The fourth-order valence-corrected chi connectivity index (χ4v) is 2.83. The highest BCUT2D eigenvalue weighted by atomic mass is 16.6. The van der Waals surface area contributed by atoms with Crippen molar-refractivity contribution in [2.45, 2.75) is 31.7 Å². The minimum absolute atomic E-state index is 0.0865. The molecule has 1 aliphatic heterocycles. The van der Waals surface area contributed by atoms with Crippen LogP contribution in [0.4, 0.5) is 11.4 Å². The van der Waals surface area contributed by atoms with Gasteiger partial charge in [-0.05, 0) is 37.8 Å². The maximum Gasteiger partial charge on any atom is 0.335 e. The Labute approximate surface area is 122 Å². The molecule has 0 aromatic heterocycles. The number of aliphatic hydroxyl groups excluding tert-OH is 1. The largest absolute Gasteiger partial charge is 0.478 e. The lowest BCUT2D eigenvalue weighted by Crippen LogP contribution is -2.30. The van der Waals surface area contributed by atoms with E-state index in [0.717, 1.165) is 25.3 Å². The molecule has 1 atom stereocenters. The molecule has 2 N–H and O–H groups in total. The van der Waals surface area contributed by atoms with E-state index < -0.39 is 10.9 Å². The molecule has 0 amide bonds. The van der Waals surface area contributed by atoms with Crippen molar-refractivity contribution in [3.8, 4) is 0 Å². The molecular formula is C14H18N2O5. The fourth-order valence-electron chi connectivity index (χ4n) is 2.83. The van der Waals surface area contributed by atoms with Crippen LogP contribution in [-0.2, 0) is 0 Å². The highest BCUT2D eigenvalue weighted by molar-refractivity contribution is 5.89. The van der Waals surface area contributed by atoms with E-state index in [1.807, 2.05) is 4.90 Å². The Balaban J connectivity index is 2.33. The van der Waals surface area contributed by atoms with E-state index in [1.165, 1.54) is 12.1 Å². The predicted octanol–water partition coefficient (Wildman–Crippen LogP) is 2.03. The molecule has 0 aliphatic carbocycles. The van der Waals surface area contributed by atoms with E-state index in [-0.39, 0.29) is 23.9 Å². The lowest BCUT2D eigenvalue weighted by Gasteiger charge is -2.26. The van der Waals surface area contributed by atoms with Crippen LogP contribution in [0.15, 0.2) is 18.2 Å². The SMILES string of the molecule is O=C(O)c1ccc(N2CCCC2CCCO)c([N+](=O)[O-])c1. The van der Waals surface area contributed by atoms with Gasteiger partial charge in [-0.1, -0.05) is 0 Å². The smallest absolute Gasteiger partial charge is 0.335 e. The molecule has 1 saturated heterocycles. The summed E-state index contributed by atoms with van der Waals surface area (Å²) in [5, 5.41) is 29.1. The second-order valence-corrected chi connectivity index (χ2v) is 5.12. The van der Waals surface area contributed by atoms with Gasteiger partial charge in [-0.3, -0.25) is 10.1 Å². The summed E-state index contributed by atoms with van der Waals surface area (Å²) in [6, 6.07) is 4.18. The summed E-state index contributed by atoms with van der Waals surface area (Å²) in [6.07, 6.45) is 3.29. The number of hydrogen-bond acceptors (Lipinski definition) is 5. The summed E-state index contributed by atoms with van der Waals surface area (Å²) in [7, 11) is 0. The highest BCUT2D eigenvalue weighted by Crippen LogP contribution is 2.35. The Morgan fingerprint density at radius 3 is 2.86 bits per heavy atom. The van der Waals surface area contributed by atoms with Gasteiger partial charge in [0.2, 0.25) is 0 Å². The standard InChI is InChI=1S/C14H18N2O5/c17-8-2-4-11-3-1-7-15(11)12-6-5-10(14(18)19)9-13(12)16(20)21/h5-6,9,11,17H,1-4,7-8H2,(H,18,19). The number of carbonyl (C=O) groups is 1. The third kappa shape index (κ3) is 3.30. The lowest BCUT2D eigenvalue weighted by molar-refractivity contribution is -0.384. The molecule has 0 spiro atoms. The van der Waals surface area contributed by atoms with Gasteiger partial charge in [0, 0.05) is 25.3 Å². The first-order valence-electron chi connectivity index (χ1n) is 6.94. The van der Waals surface area contributed by atoms with Crippen LogP contribution in [0, 0.1) is 10.1 Å². The van der Waals surface area contributed by atoms with Gasteiger partial charge < -0.3 is 15.1 Å². The molecule has 114 valence electrons. The van der Waals surface area contributed by atoms with E-state index in [9.17, 15) is 14.9 Å². The van der Waals surface area contributed by atoms with Crippen molar-refractivity contribution in [3.05, 3.63) is 33.9 Å². The van der Waals surface area contributed by atoms with Gasteiger partial charge >= 0.3 is 5.97 Å². The summed E-state index contributed by atoms with van der Waals surface area (Å²) >= 11 is 0. The molecule has 7 heteroatoms. The van der Waals surface area contributed by atoms with Gasteiger partial charge in [0.25, 0.3) is 5.69 Å². The molecule has 2 rings (SSSR count). The number of nitro benzene ring substituents is 1. The number of benzene rings is 1. The van der Waals surface area contributed by atoms with Gasteiger partial charge in [-0.2, -0.15) is 0 Å². The zero-order valence-electron chi connectivity index (χ0n) is 11.6. The minimum Gasteiger partial charge on any atom is -0.478 e. The molecule has 21 heavy (non-hydrogen) atoms. The zero-order chi connectivity index (χ0) is 15.4. The second-order valence-electron chi connectivity index (χ2n) is 5.12. The van der Waals surface area contributed by atoms with Crippen LogP contribution in [0.25, 0.3) is 0 Å². The van der Waals surface area contributed by atoms with E-state index >= 15 is 0 Å². The quantitative estimate of drug-likeness (QED) is 0.614. The Hall–Kier alpha value is -2.15. The molecule has 1 heterocycles. The first-order valence-corrected chi connectivity index (χ1v) is 6.94. The average Bonchev–Trinajstić information content (AvgIpc) is 2.92. The maximum atomic E-state index is 11.2. The van der Waals surface area contributed by atoms with Crippen LogP contribution in [0.2, 0.25) is 0 Å². The third-order valence-electron chi connectivity index (χ3n) is 3.80. The van der Waals surface area contributed by atoms with E-state index in [0.29, 0.717) is 18.7 Å². The summed E-state index contributed by atoms with van der Waals surface area (Å²) in [4.78, 5) is 23.6. The van der Waals surface area contributed by atoms with Crippen molar-refractivity contribution in [2.75, 3.05) is 18.1 Å². The third-order valence-corrected chi connectivity index (χ3v) is 3.80. The molecule has 1 aliphatic rings. The Morgan fingerprint density at radius 1 is 1.48 bits per heavy atom. The molecular weight excluding hydrogens is 276 g/mol. The molecule has 0 saturated carbocycles. The molecule has 7 nitrogen and oxygen atoms in total. The van der Waals surface area contributed by atoms with Crippen molar-refractivity contribution in [1.29, 1.82) is 0 Å². The predicted molar refractivity (Wildman–Crippen MR) is 76.7 cm³/mol. The average molecular weight is 294 g/mol. The van der Waals surface area contributed by atoms with Crippen molar-refractivity contribution >= 4 is 17.3 Å². The van der Waals surface area contributed by atoms with Crippen LogP contribution in [0.1, 0.15) is 36.0 Å². The summed E-state index contributed by atoms with van der Waals surface area (Å²) in [6.45, 7) is 0.813. The normalized spacial score (nSPS) is 18.0. The molecule has 1 unspecified atom stereocenters. The topological polar surface area (TPSA) is 104 Å². The van der Waals surface area contributed by atoms with Crippen LogP contribution >= 0.6 is 0 Å². The molecule has 0 radical (unpaired) electrons. The summed E-state index contributed by atoms with van der Waals surface area (Å²) in [5.74, 6) is -1.18. The van der Waals surface area contributed by atoms with Gasteiger partial charge in [0.05, 0.1) is 10.5 Å². The van der Waals surface area contributed by atoms with Crippen LogP contribution in [0.5, 0.6) is 0 Å². The molecule has 1 fully saturated rings. The fraction of sp³-hybridized carbons (Fsp3) is 0.500.